The molecule has 1 unspecified atom stereocenters. The van der Waals surface area contributed by atoms with Gasteiger partial charge >= 0.3 is 0 Å². The van der Waals surface area contributed by atoms with Crippen LogP contribution in [0.4, 0.5) is 11.4 Å². The second-order valence-electron chi connectivity index (χ2n) is 5.79. The second kappa shape index (κ2) is 10.7. The highest BCUT2D eigenvalue weighted by molar-refractivity contribution is 8.04. The molecule has 0 amide bonds. The van der Waals surface area contributed by atoms with Gasteiger partial charge in [-0.2, -0.15) is 0 Å². The van der Waals surface area contributed by atoms with E-state index in [2.05, 4.69) is 85.6 Å². The van der Waals surface area contributed by atoms with Crippen LogP contribution in [0, 0.1) is 0 Å². The minimum Gasteiger partial charge on any atom is -0.336 e. The van der Waals surface area contributed by atoms with E-state index in [9.17, 15) is 0 Å². The number of quaternary nitrogens is 1. The molecular weight excluding hydrogens is 356 g/mol. The number of nitrogens with two attached hydrogens (primary N) is 1. The normalized spacial score (nSPS) is 15.4. The van der Waals surface area contributed by atoms with E-state index < -0.39 is 0 Å². The number of hydrogen-bond donors (Lipinski definition) is 1. The highest BCUT2D eigenvalue weighted by Crippen LogP contribution is 2.46. The summed E-state index contributed by atoms with van der Waals surface area (Å²) in [6.45, 7) is 12.8. The summed E-state index contributed by atoms with van der Waals surface area (Å²) in [7, 11) is 0. The molecule has 2 nitrogen and oxygen atoms in total. The number of anilines is 1. The molecule has 2 aromatic rings. The van der Waals surface area contributed by atoms with Crippen molar-refractivity contribution in [2.45, 2.75) is 49.7 Å². The lowest BCUT2D eigenvalue weighted by Gasteiger charge is -2.19. The van der Waals surface area contributed by atoms with Gasteiger partial charge in [0.25, 0.3) is 0 Å². The summed E-state index contributed by atoms with van der Waals surface area (Å²) < 4.78 is 0. The summed E-state index contributed by atoms with van der Waals surface area (Å²) in [4.78, 5) is 5.15. The van der Waals surface area contributed by atoms with Gasteiger partial charge in [-0.1, -0.05) is 49.9 Å². The fraction of sp³-hybridized carbons (Fsp3) is 0.364. The fourth-order valence-electron chi connectivity index (χ4n) is 2.91. The van der Waals surface area contributed by atoms with Crippen molar-refractivity contribution < 1.29 is 5.32 Å². The monoisotopic (exact) mass is 387 g/mol. The lowest BCUT2D eigenvalue weighted by Crippen LogP contribution is -2.77. The maximum Gasteiger partial charge on any atom is 0.143 e. The van der Waals surface area contributed by atoms with Gasteiger partial charge in [0.15, 0.2) is 0 Å². The molecule has 140 valence electrons. The maximum atomic E-state index is 2.42. The number of benzene rings is 2. The zero-order chi connectivity index (χ0) is 18.9. The predicted molar refractivity (Wildman–Crippen MR) is 119 cm³/mol. The van der Waals surface area contributed by atoms with E-state index in [1.807, 2.05) is 37.4 Å². The van der Waals surface area contributed by atoms with Gasteiger partial charge in [-0.25, -0.2) is 0 Å². The van der Waals surface area contributed by atoms with E-state index in [1.54, 1.807) is 0 Å². The van der Waals surface area contributed by atoms with Gasteiger partial charge in [-0.3, -0.25) is 0 Å². The molecular formula is C22H31N2S2+. The Kier molecular flexibility index (Phi) is 8.63. The first-order valence-corrected chi connectivity index (χ1v) is 11.3. The molecule has 26 heavy (non-hydrogen) atoms. The minimum atomic E-state index is 0.433. The predicted octanol–water partition coefficient (Wildman–Crippen LogP) is 5.88. The van der Waals surface area contributed by atoms with Crippen LogP contribution >= 0.6 is 23.5 Å². The zero-order valence-electron chi connectivity index (χ0n) is 16.5. The average Bonchev–Trinajstić information content (AvgIpc) is 3.02. The van der Waals surface area contributed by atoms with Crippen molar-refractivity contribution in [1.82, 2.24) is 0 Å². The summed E-state index contributed by atoms with van der Waals surface area (Å²) in [5.41, 5.74) is 2.69. The average molecular weight is 388 g/mol. The number of hydrogen-bond acceptors (Lipinski definition) is 3. The van der Waals surface area contributed by atoms with E-state index in [1.165, 1.54) is 26.2 Å². The third-order valence-corrected chi connectivity index (χ3v) is 6.25. The molecule has 1 atom stereocenters. The lowest BCUT2D eigenvalue weighted by molar-refractivity contribution is -0.570. The van der Waals surface area contributed by atoms with Gasteiger partial charge in [0.2, 0.25) is 0 Å². The van der Waals surface area contributed by atoms with Crippen LogP contribution in [0.3, 0.4) is 0 Å². The summed E-state index contributed by atoms with van der Waals surface area (Å²) in [5.74, 6) is 0. The molecule has 2 N–H and O–H groups in total. The number of rotatable bonds is 6. The van der Waals surface area contributed by atoms with Crippen LogP contribution in [0.2, 0.25) is 0 Å². The van der Waals surface area contributed by atoms with Crippen LogP contribution in [-0.2, 0) is 0 Å². The Bertz CT molecular complexity index is 728. The van der Waals surface area contributed by atoms with Gasteiger partial charge in [0, 0.05) is 22.8 Å². The van der Waals surface area contributed by atoms with Crippen molar-refractivity contribution in [1.29, 1.82) is 0 Å². The lowest BCUT2D eigenvalue weighted by atomic mass is 10.3. The molecule has 0 spiro atoms. The third-order valence-electron chi connectivity index (χ3n) is 3.99. The number of para-hydroxylation sites is 2. The Morgan fingerprint density at radius 2 is 1.77 bits per heavy atom. The first-order valence-electron chi connectivity index (χ1n) is 9.58. The Labute approximate surface area is 167 Å². The largest absolute Gasteiger partial charge is 0.336 e. The van der Waals surface area contributed by atoms with E-state index in [4.69, 9.17) is 0 Å². The summed E-state index contributed by atoms with van der Waals surface area (Å²) in [6.07, 6.45) is 2.40. The molecule has 0 saturated heterocycles. The second-order valence-corrected chi connectivity index (χ2v) is 8.27. The summed E-state index contributed by atoms with van der Waals surface area (Å²) in [5, 5.41) is 4.10. The van der Waals surface area contributed by atoms with Crippen LogP contribution in [0.15, 0.2) is 69.4 Å². The quantitative estimate of drug-likeness (QED) is 0.493. The molecule has 0 bridgehead atoms. The SMILES string of the molecule is CC.CC[NH2+]c1ccccc1SC(C)C=C1Sc2ccccc2N1CC. The summed E-state index contributed by atoms with van der Waals surface area (Å²) in [6, 6.07) is 17.4. The molecule has 0 saturated carbocycles. The minimum absolute atomic E-state index is 0.433. The van der Waals surface area contributed by atoms with Crippen molar-refractivity contribution >= 4 is 34.9 Å². The van der Waals surface area contributed by atoms with Gasteiger partial charge in [0.05, 0.1) is 22.2 Å². The van der Waals surface area contributed by atoms with E-state index in [-0.39, 0.29) is 0 Å². The van der Waals surface area contributed by atoms with Crippen LogP contribution in [0.1, 0.15) is 34.6 Å². The first kappa shape index (κ1) is 20.9. The van der Waals surface area contributed by atoms with Crippen molar-refractivity contribution in [3.8, 4) is 0 Å². The van der Waals surface area contributed by atoms with Gasteiger partial charge < -0.3 is 10.2 Å². The topological polar surface area (TPSA) is 19.9 Å². The van der Waals surface area contributed by atoms with Crippen molar-refractivity contribution in [2.24, 2.45) is 0 Å². The number of nitrogens with zero attached hydrogens (tertiary/aromatic N) is 1. The number of fused-ring (bicyclic) bond motifs is 1. The Morgan fingerprint density at radius 3 is 2.50 bits per heavy atom. The van der Waals surface area contributed by atoms with E-state index >= 15 is 0 Å². The highest BCUT2D eigenvalue weighted by atomic mass is 32.2. The van der Waals surface area contributed by atoms with Crippen molar-refractivity contribution in [2.75, 3.05) is 18.0 Å². The smallest absolute Gasteiger partial charge is 0.143 e. The zero-order valence-corrected chi connectivity index (χ0v) is 18.2. The molecule has 1 aliphatic heterocycles. The molecule has 0 aliphatic carbocycles. The molecule has 1 aliphatic rings. The van der Waals surface area contributed by atoms with Crippen molar-refractivity contribution in [3.63, 3.8) is 0 Å². The Balaban J connectivity index is 0.00000117. The Hall–Kier alpha value is -1.36. The molecule has 1 heterocycles. The molecule has 0 fully saturated rings. The van der Waals surface area contributed by atoms with Crippen LogP contribution in [0.25, 0.3) is 0 Å². The molecule has 4 heteroatoms. The molecule has 2 aromatic carbocycles. The van der Waals surface area contributed by atoms with Crippen LogP contribution in [-0.4, -0.2) is 18.3 Å². The molecule has 3 rings (SSSR count). The highest BCUT2D eigenvalue weighted by Gasteiger charge is 2.24. The van der Waals surface area contributed by atoms with Crippen LogP contribution in [0.5, 0.6) is 0 Å². The van der Waals surface area contributed by atoms with Gasteiger partial charge in [-0.15, -0.1) is 11.8 Å². The van der Waals surface area contributed by atoms with Crippen LogP contribution < -0.4 is 10.2 Å². The summed E-state index contributed by atoms with van der Waals surface area (Å²) >= 11 is 3.83. The third kappa shape index (κ3) is 5.09. The number of thioether (sulfide) groups is 2. The van der Waals surface area contributed by atoms with Gasteiger partial charge in [-0.05, 0) is 45.0 Å². The van der Waals surface area contributed by atoms with Gasteiger partial charge in [0.1, 0.15) is 5.69 Å². The van der Waals surface area contributed by atoms with Crippen molar-refractivity contribution in [3.05, 3.63) is 59.6 Å². The maximum absolute atomic E-state index is 2.42. The van der Waals surface area contributed by atoms with E-state index in [0.29, 0.717) is 5.25 Å². The first-order chi connectivity index (χ1) is 12.7. The molecule has 0 aromatic heterocycles. The fourth-order valence-corrected chi connectivity index (χ4v) is 5.31. The Morgan fingerprint density at radius 1 is 1.08 bits per heavy atom. The molecule has 0 radical (unpaired) electrons. The standard InChI is InChI=1S/C20H24N2S2.C2H6/c1-4-21-16-10-6-8-12-18(16)23-15(3)14-20-22(5-2)17-11-7-9-13-19(17)24-20;1-2/h6-15,21H,4-5H2,1-3H3;1-2H3/p+1. The van der Waals surface area contributed by atoms with E-state index in [0.717, 1.165) is 13.1 Å².